The van der Waals surface area contributed by atoms with Gasteiger partial charge in [-0.25, -0.2) is 4.98 Å². The lowest BCUT2D eigenvalue weighted by atomic mass is 10.0. The van der Waals surface area contributed by atoms with Crippen molar-refractivity contribution < 1.29 is 4.79 Å². The number of carbonyl (C=O) groups excluding carboxylic acids is 1. The standard InChI is InChI=1S/C19H21N5OS/c1-14-18(15-5-3-2-4-6-15)16(12-26-14)19(25)24-9-7-23(8-10-24)11-17-20-13-21-22-17/h2-6,12-13H,7-11H2,1H3,(H,20,21,22). The van der Waals surface area contributed by atoms with E-state index in [4.69, 9.17) is 0 Å². The summed E-state index contributed by atoms with van der Waals surface area (Å²) in [7, 11) is 0. The predicted octanol–water partition coefficient (Wildman–Crippen LogP) is 2.80. The maximum Gasteiger partial charge on any atom is 0.255 e. The number of thiophene rings is 1. The molecule has 0 radical (unpaired) electrons. The summed E-state index contributed by atoms with van der Waals surface area (Å²) in [4.78, 5) is 22.7. The lowest BCUT2D eigenvalue weighted by molar-refractivity contribution is 0.0627. The van der Waals surface area contributed by atoms with Crippen LogP contribution in [0.3, 0.4) is 0 Å². The van der Waals surface area contributed by atoms with Gasteiger partial charge in [-0.05, 0) is 12.5 Å². The SMILES string of the molecule is Cc1scc(C(=O)N2CCN(Cc3ncn[nH]3)CC2)c1-c1ccccc1. The highest BCUT2D eigenvalue weighted by Crippen LogP contribution is 2.33. The second kappa shape index (κ2) is 7.39. The molecule has 1 aliphatic rings. The molecular weight excluding hydrogens is 346 g/mol. The molecule has 0 bridgehead atoms. The molecule has 3 aromatic rings. The third-order valence-corrected chi connectivity index (χ3v) is 5.68. The summed E-state index contributed by atoms with van der Waals surface area (Å²) in [6, 6.07) is 10.2. The molecule has 0 aliphatic carbocycles. The zero-order valence-corrected chi connectivity index (χ0v) is 15.5. The van der Waals surface area contributed by atoms with Crippen molar-refractivity contribution in [2.45, 2.75) is 13.5 Å². The first-order valence-corrected chi connectivity index (χ1v) is 9.59. The van der Waals surface area contributed by atoms with E-state index < -0.39 is 0 Å². The topological polar surface area (TPSA) is 65.1 Å². The molecule has 2 aromatic heterocycles. The van der Waals surface area contributed by atoms with Crippen molar-refractivity contribution in [3.8, 4) is 11.1 Å². The van der Waals surface area contributed by atoms with Crippen LogP contribution in [0.25, 0.3) is 11.1 Å². The van der Waals surface area contributed by atoms with Gasteiger partial charge in [0.15, 0.2) is 0 Å². The third-order valence-electron chi connectivity index (χ3n) is 4.77. The maximum absolute atomic E-state index is 13.1. The van der Waals surface area contributed by atoms with Crippen LogP contribution in [0.4, 0.5) is 0 Å². The first-order valence-electron chi connectivity index (χ1n) is 8.72. The summed E-state index contributed by atoms with van der Waals surface area (Å²) in [6.45, 7) is 5.98. The van der Waals surface area contributed by atoms with E-state index in [9.17, 15) is 4.79 Å². The fraction of sp³-hybridized carbons (Fsp3) is 0.316. The Labute approximate surface area is 156 Å². The van der Waals surface area contributed by atoms with Gasteiger partial charge in [0, 0.05) is 42.0 Å². The maximum atomic E-state index is 13.1. The molecule has 7 heteroatoms. The molecule has 1 aromatic carbocycles. The minimum atomic E-state index is 0.132. The van der Waals surface area contributed by atoms with Gasteiger partial charge >= 0.3 is 0 Å². The van der Waals surface area contributed by atoms with Gasteiger partial charge in [-0.15, -0.1) is 11.3 Å². The molecule has 1 amide bonds. The van der Waals surface area contributed by atoms with Crippen LogP contribution in [0.1, 0.15) is 21.1 Å². The Morgan fingerprint density at radius 1 is 1.19 bits per heavy atom. The number of piperazine rings is 1. The van der Waals surface area contributed by atoms with Gasteiger partial charge in [-0.3, -0.25) is 14.8 Å². The number of aromatic amines is 1. The first kappa shape index (κ1) is 16.9. The van der Waals surface area contributed by atoms with Crippen molar-refractivity contribution in [1.29, 1.82) is 0 Å². The Bertz CT molecular complexity index is 867. The molecule has 4 rings (SSSR count). The Balaban J connectivity index is 1.46. The summed E-state index contributed by atoms with van der Waals surface area (Å²) in [6.07, 6.45) is 1.53. The van der Waals surface area contributed by atoms with Crippen molar-refractivity contribution in [2.24, 2.45) is 0 Å². The Morgan fingerprint density at radius 2 is 1.96 bits per heavy atom. The molecule has 1 N–H and O–H groups in total. The molecule has 6 nitrogen and oxygen atoms in total. The van der Waals surface area contributed by atoms with E-state index in [1.54, 1.807) is 11.3 Å². The lowest BCUT2D eigenvalue weighted by Crippen LogP contribution is -2.48. The van der Waals surface area contributed by atoms with Gasteiger partial charge in [0.05, 0.1) is 12.1 Å². The molecule has 26 heavy (non-hydrogen) atoms. The van der Waals surface area contributed by atoms with E-state index in [2.05, 4.69) is 39.1 Å². The Hall–Kier alpha value is -2.51. The average molecular weight is 367 g/mol. The Morgan fingerprint density at radius 3 is 2.65 bits per heavy atom. The van der Waals surface area contributed by atoms with Crippen LogP contribution in [0.15, 0.2) is 42.0 Å². The van der Waals surface area contributed by atoms with Gasteiger partial charge in [-0.2, -0.15) is 5.10 Å². The number of amides is 1. The van der Waals surface area contributed by atoms with Gasteiger partial charge < -0.3 is 4.90 Å². The zero-order valence-electron chi connectivity index (χ0n) is 14.7. The lowest BCUT2D eigenvalue weighted by Gasteiger charge is -2.34. The smallest absolute Gasteiger partial charge is 0.255 e. The van der Waals surface area contributed by atoms with Crippen LogP contribution in [0.2, 0.25) is 0 Å². The molecule has 0 spiro atoms. The number of nitrogens with one attached hydrogen (secondary N) is 1. The van der Waals surface area contributed by atoms with Gasteiger partial charge in [0.1, 0.15) is 12.2 Å². The fourth-order valence-corrected chi connectivity index (χ4v) is 4.23. The largest absolute Gasteiger partial charge is 0.336 e. The van der Waals surface area contributed by atoms with Crippen molar-refractivity contribution in [2.75, 3.05) is 26.2 Å². The minimum absolute atomic E-state index is 0.132. The van der Waals surface area contributed by atoms with Crippen LogP contribution < -0.4 is 0 Å². The number of rotatable bonds is 4. The molecule has 1 fully saturated rings. The van der Waals surface area contributed by atoms with Crippen LogP contribution in [0.5, 0.6) is 0 Å². The summed E-state index contributed by atoms with van der Waals surface area (Å²) in [5.74, 6) is 0.997. The number of carbonyl (C=O) groups is 1. The van der Waals surface area contributed by atoms with E-state index in [0.717, 1.165) is 55.2 Å². The summed E-state index contributed by atoms with van der Waals surface area (Å²) in [5, 5.41) is 8.78. The zero-order chi connectivity index (χ0) is 17.9. The number of aromatic nitrogens is 3. The third kappa shape index (κ3) is 3.40. The van der Waals surface area contributed by atoms with Crippen LogP contribution >= 0.6 is 11.3 Å². The van der Waals surface area contributed by atoms with Gasteiger partial charge in [-0.1, -0.05) is 30.3 Å². The highest BCUT2D eigenvalue weighted by Gasteiger charge is 2.26. The molecule has 1 saturated heterocycles. The number of H-pyrrole nitrogens is 1. The number of aryl methyl sites for hydroxylation is 1. The summed E-state index contributed by atoms with van der Waals surface area (Å²) in [5.41, 5.74) is 3.01. The van der Waals surface area contributed by atoms with Gasteiger partial charge in [0.25, 0.3) is 5.91 Å². The molecule has 0 saturated carbocycles. The molecule has 134 valence electrons. The number of hydrogen-bond donors (Lipinski definition) is 1. The first-order chi connectivity index (χ1) is 12.7. The summed E-state index contributed by atoms with van der Waals surface area (Å²) < 4.78 is 0. The quantitative estimate of drug-likeness (QED) is 0.770. The predicted molar refractivity (Wildman–Crippen MR) is 102 cm³/mol. The van der Waals surface area contributed by atoms with Crippen LogP contribution in [-0.2, 0) is 6.54 Å². The number of benzene rings is 1. The highest BCUT2D eigenvalue weighted by molar-refractivity contribution is 7.10. The highest BCUT2D eigenvalue weighted by atomic mass is 32.1. The van der Waals surface area contributed by atoms with Crippen molar-refractivity contribution >= 4 is 17.2 Å². The average Bonchev–Trinajstić information content (AvgIpc) is 3.32. The van der Waals surface area contributed by atoms with Crippen molar-refractivity contribution in [3.05, 3.63) is 58.3 Å². The van der Waals surface area contributed by atoms with Crippen LogP contribution in [-0.4, -0.2) is 57.1 Å². The van der Waals surface area contributed by atoms with E-state index in [1.807, 2.05) is 28.5 Å². The summed E-state index contributed by atoms with van der Waals surface area (Å²) >= 11 is 1.64. The van der Waals surface area contributed by atoms with E-state index in [0.29, 0.717) is 0 Å². The molecule has 0 unspecified atom stereocenters. The van der Waals surface area contributed by atoms with E-state index in [-0.39, 0.29) is 5.91 Å². The molecular formula is C19H21N5OS. The van der Waals surface area contributed by atoms with Crippen LogP contribution in [0, 0.1) is 6.92 Å². The minimum Gasteiger partial charge on any atom is -0.336 e. The fourth-order valence-electron chi connectivity index (χ4n) is 3.37. The number of nitrogens with zero attached hydrogens (tertiary/aromatic N) is 4. The number of hydrogen-bond acceptors (Lipinski definition) is 5. The van der Waals surface area contributed by atoms with Crippen molar-refractivity contribution in [1.82, 2.24) is 25.0 Å². The van der Waals surface area contributed by atoms with E-state index >= 15 is 0 Å². The second-order valence-electron chi connectivity index (χ2n) is 6.45. The normalized spacial score (nSPS) is 15.3. The Kier molecular flexibility index (Phi) is 4.81. The molecule has 1 aliphatic heterocycles. The molecule has 3 heterocycles. The molecule has 0 atom stereocenters. The van der Waals surface area contributed by atoms with E-state index in [1.165, 1.54) is 11.2 Å². The second-order valence-corrected chi connectivity index (χ2v) is 7.53. The van der Waals surface area contributed by atoms with Gasteiger partial charge in [0.2, 0.25) is 0 Å². The monoisotopic (exact) mass is 367 g/mol. The van der Waals surface area contributed by atoms with Crippen molar-refractivity contribution in [3.63, 3.8) is 0 Å².